The van der Waals surface area contributed by atoms with E-state index in [2.05, 4.69) is 13.8 Å². The first kappa shape index (κ1) is 50.0. The minimum Gasteiger partial charge on any atom is -0.462 e. The van der Waals surface area contributed by atoms with Crippen LogP contribution in [0.15, 0.2) is 0 Å². The van der Waals surface area contributed by atoms with Crippen molar-refractivity contribution in [1.82, 2.24) is 0 Å². The molecule has 0 aliphatic rings. The van der Waals surface area contributed by atoms with E-state index in [1.807, 2.05) is 0 Å². The van der Waals surface area contributed by atoms with E-state index in [4.69, 9.17) is 24.3 Å². The van der Waals surface area contributed by atoms with Crippen LogP contribution in [0.3, 0.4) is 0 Å². The van der Waals surface area contributed by atoms with Crippen molar-refractivity contribution < 1.29 is 37.6 Å². The molecular weight excluding hydrogens is 665 g/mol. The molecule has 0 aliphatic carbocycles. The van der Waals surface area contributed by atoms with Gasteiger partial charge in [0.05, 0.1) is 13.2 Å². The van der Waals surface area contributed by atoms with Gasteiger partial charge in [-0.2, -0.15) is 0 Å². The van der Waals surface area contributed by atoms with Crippen molar-refractivity contribution in [2.45, 2.75) is 225 Å². The number of unbranched alkanes of at least 4 members (excludes halogenated alkanes) is 27. The summed E-state index contributed by atoms with van der Waals surface area (Å²) >= 11 is 0. The largest absolute Gasteiger partial charge is 0.472 e. The van der Waals surface area contributed by atoms with Crippen LogP contribution in [-0.2, 0) is 32.7 Å². The Balaban J connectivity index is 4.36. The number of hydrogen-bond donors (Lipinski definition) is 2. The van der Waals surface area contributed by atoms with Crippen LogP contribution in [0.25, 0.3) is 0 Å². The smallest absolute Gasteiger partial charge is 0.462 e. The van der Waals surface area contributed by atoms with Gasteiger partial charge in [-0.05, 0) is 32.2 Å². The monoisotopic (exact) mass is 748 g/mol. The first-order valence-electron chi connectivity index (χ1n) is 21.5. The second-order valence-electron chi connectivity index (χ2n) is 14.6. The van der Waals surface area contributed by atoms with E-state index in [0.29, 0.717) is 25.8 Å². The lowest BCUT2D eigenvalue weighted by atomic mass is 10.0. The summed E-state index contributed by atoms with van der Waals surface area (Å²) in [5.41, 5.74) is 5.50. The van der Waals surface area contributed by atoms with Gasteiger partial charge in [0.15, 0.2) is 6.10 Å². The maximum atomic E-state index is 12.6. The number of rotatable bonds is 41. The number of carbonyl (C=O) groups is 2. The molecule has 0 spiro atoms. The maximum Gasteiger partial charge on any atom is 0.472 e. The average molecular weight is 748 g/mol. The van der Waals surface area contributed by atoms with Gasteiger partial charge in [-0.25, -0.2) is 4.57 Å². The zero-order valence-corrected chi connectivity index (χ0v) is 34.3. The van der Waals surface area contributed by atoms with Gasteiger partial charge < -0.3 is 20.1 Å². The van der Waals surface area contributed by atoms with Gasteiger partial charge in [-0.15, -0.1) is 0 Å². The van der Waals surface area contributed by atoms with Crippen molar-refractivity contribution in [2.75, 3.05) is 26.4 Å². The third-order valence-corrected chi connectivity index (χ3v) is 10.5. The van der Waals surface area contributed by atoms with Crippen LogP contribution in [0, 0.1) is 0 Å². The second kappa shape index (κ2) is 38.7. The van der Waals surface area contributed by atoms with Crippen molar-refractivity contribution >= 4 is 19.8 Å². The average Bonchev–Trinajstić information content (AvgIpc) is 3.11. The van der Waals surface area contributed by atoms with Crippen molar-refractivity contribution in [3.63, 3.8) is 0 Å². The number of hydrogen-bond acceptors (Lipinski definition) is 8. The number of nitrogens with two attached hydrogens (primary N) is 1. The van der Waals surface area contributed by atoms with Crippen LogP contribution in [-0.4, -0.2) is 49.3 Å². The van der Waals surface area contributed by atoms with Crippen molar-refractivity contribution in [2.24, 2.45) is 5.73 Å². The first-order chi connectivity index (χ1) is 24.8. The highest BCUT2D eigenvalue weighted by atomic mass is 31.2. The van der Waals surface area contributed by atoms with E-state index < -0.39 is 26.5 Å². The lowest BCUT2D eigenvalue weighted by Crippen LogP contribution is -2.29. The summed E-state index contributed by atoms with van der Waals surface area (Å²) in [4.78, 5) is 35.2. The van der Waals surface area contributed by atoms with E-state index in [-0.39, 0.29) is 25.6 Å². The quantitative estimate of drug-likeness (QED) is 0.0356. The Labute approximate surface area is 314 Å². The normalized spacial score (nSPS) is 13.3. The SMILES string of the molecule is CCCCCCCCCCCCCCCC(=O)OCC(COP(=O)(O)OCCCCCCN)OC(=O)CCCCCCCCCCCCCCC. The van der Waals surface area contributed by atoms with Crippen molar-refractivity contribution in [3.05, 3.63) is 0 Å². The first-order valence-corrected chi connectivity index (χ1v) is 23.0. The van der Waals surface area contributed by atoms with Crippen LogP contribution in [0.4, 0.5) is 0 Å². The topological polar surface area (TPSA) is 134 Å². The maximum absolute atomic E-state index is 12.6. The van der Waals surface area contributed by atoms with E-state index >= 15 is 0 Å². The van der Waals surface area contributed by atoms with Crippen LogP contribution >= 0.6 is 7.82 Å². The van der Waals surface area contributed by atoms with Gasteiger partial charge in [0.2, 0.25) is 0 Å². The fourth-order valence-electron chi connectivity index (χ4n) is 6.19. The van der Waals surface area contributed by atoms with E-state index in [0.717, 1.165) is 51.4 Å². The fourth-order valence-corrected chi connectivity index (χ4v) is 6.98. The number of phosphoric ester groups is 1. The zero-order valence-electron chi connectivity index (χ0n) is 33.4. The third-order valence-electron chi connectivity index (χ3n) is 9.47. The molecule has 0 rings (SSSR count). The Kier molecular flexibility index (Phi) is 38.0. The molecule has 0 radical (unpaired) electrons. The summed E-state index contributed by atoms with van der Waals surface area (Å²) in [6.45, 7) is 4.58. The number of ether oxygens (including phenoxy) is 2. The molecule has 2 atom stereocenters. The Morgan fingerprint density at radius 3 is 1.31 bits per heavy atom. The van der Waals surface area contributed by atoms with Crippen LogP contribution < -0.4 is 5.73 Å². The second-order valence-corrected chi connectivity index (χ2v) is 16.0. The van der Waals surface area contributed by atoms with Gasteiger partial charge in [-0.1, -0.05) is 181 Å². The molecular formula is C41H82NO8P. The summed E-state index contributed by atoms with van der Waals surface area (Å²) in [5, 5.41) is 0. The number of carbonyl (C=O) groups excluding carboxylic acids is 2. The molecule has 0 bridgehead atoms. The predicted molar refractivity (Wildman–Crippen MR) is 211 cm³/mol. The molecule has 2 unspecified atom stereocenters. The zero-order chi connectivity index (χ0) is 37.5. The highest BCUT2D eigenvalue weighted by Crippen LogP contribution is 2.43. The van der Waals surface area contributed by atoms with Crippen molar-refractivity contribution in [3.8, 4) is 0 Å². The minimum atomic E-state index is -4.34. The van der Waals surface area contributed by atoms with E-state index in [1.54, 1.807) is 0 Å². The molecule has 51 heavy (non-hydrogen) atoms. The molecule has 0 amide bonds. The van der Waals surface area contributed by atoms with E-state index in [9.17, 15) is 19.0 Å². The van der Waals surface area contributed by atoms with Crippen LogP contribution in [0.2, 0.25) is 0 Å². The van der Waals surface area contributed by atoms with Gasteiger partial charge in [0.1, 0.15) is 6.61 Å². The predicted octanol–water partition coefficient (Wildman–Crippen LogP) is 12.1. The molecule has 304 valence electrons. The molecule has 10 heteroatoms. The number of phosphoric acid groups is 1. The van der Waals surface area contributed by atoms with Gasteiger partial charge in [-0.3, -0.25) is 18.6 Å². The lowest BCUT2D eigenvalue weighted by molar-refractivity contribution is -0.161. The molecule has 3 N–H and O–H groups in total. The van der Waals surface area contributed by atoms with Gasteiger partial charge in [0.25, 0.3) is 0 Å². The summed E-state index contributed by atoms with van der Waals surface area (Å²) in [6, 6.07) is 0. The molecule has 0 aliphatic heterocycles. The minimum absolute atomic E-state index is 0.0793. The molecule has 0 saturated carbocycles. The van der Waals surface area contributed by atoms with E-state index in [1.165, 1.54) is 128 Å². The molecule has 0 fully saturated rings. The summed E-state index contributed by atoms with van der Waals surface area (Å²) in [6.07, 6.45) is 34.6. The number of esters is 2. The summed E-state index contributed by atoms with van der Waals surface area (Å²) < 4.78 is 33.6. The molecule has 0 saturated heterocycles. The third kappa shape index (κ3) is 38.5. The summed E-state index contributed by atoms with van der Waals surface area (Å²) in [5.74, 6) is -0.788. The molecule has 0 aromatic rings. The molecule has 0 heterocycles. The standard InChI is InChI=1S/C41H82NO8P/c1-3-5-7-9-11-13-15-17-19-21-23-25-29-33-40(43)47-37-39(38-49-51(45,46)48-36-32-28-27-31-35-42)50-41(44)34-30-26-24-22-20-18-16-14-12-10-8-6-4-2/h39H,3-38,42H2,1-2H3,(H,45,46). The van der Waals surface area contributed by atoms with Crippen LogP contribution in [0.1, 0.15) is 219 Å². The lowest BCUT2D eigenvalue weighted by Gasteiger charge is -2.20. The van der Waals surface area contributed by atoms with Gasteiger partial charge >= 0.3 is 19.8 Å². The Bertz CT molecular complexity index is 815. The highest BCUT2D eigenvalue weighted by molar-refractivity contribution is 7.47. The molecule has 0 aromatic carbocycles. The van der Waals surface area contributed by atoms with Crippen molar-refractivity contribution in [1.29, 1.82) is 0 Å². The van der Waals surface area contributed by atoms with Gasteiger partial charge in [0, 0.05) is 12.8 Å². The summed E-state index contributed by atoms with van der Waals surface area (Å²) in [7, 11) is -4.34. The molecule has 9 nitrogen and oxygen atoms in total. The molecule has 0 aromatic heterocycles. The Hall–Kier alpha value is -0.990. The highest BCUT2D eigenvalue weighted by Gasteiger charge is 2.26. The van der Waals surface area contributed by atoms with Crippen LogP contribution in [0.5, 0.6) is 0 Å². The fraction of sp³-hybridized carbons (Fsp3) is 0.951. The Morgan fingerprint density at radius 2 is 0.882 bits per heavy atom. The Morgan fingerprint density at radius 1 is 0.510 bits per heavy atom.